The van der Waals surface area contributed by atoms with Crippen molar-refractivity contribution in [2.45, 2.75) is 58.5 Å². The number of nitrogens with zero attached hydrogens (tertiary/aromatic N) is 1. The highest BCUT2D eigenvalue weighted by Gasteiger charge is 2.51. The van der Waals surface area contributed by atoms with Crippen molar-refractivity contribution >= 4 is 23.3 Å². The highest BCUT2D eigenvalue weighted by atomic mass is 16.5. The molecule has 7 nitrogen and oxygen atoms in total. The van der Waals surface area contributed by atoms with Crippen molar-refractivity contribution in [2.24, 2.45) is 17.3 Å². The summed E-state index contributed by atoms with van der Waals surface area (Å²) in [7, 11) is 1.37. The number of aromatic nitrogens is 1. The number of esters is 2. The van der Waals surface area contributed by atoms with Gasteiger partial charge >= 0.3 is 11.9 Å². The molecule has 3 aliphatic rings. The highest BCUT2D eigenvalue weighted by Crippen LogP contribution is 2.56. The van der Waals surface area contributed by atoms with Crippen molar-refractivity contribution in [3.05, 3.63) is 58.8 Å². The van der Waals surface area contributed by atoms with Gasteiger partial charge in [-0.2, -0.15) is 0 Å². The minimum Gasteiger partial charge on any atom is -0.472 e. The van der Waals surface area contributed by atoms with Crippen LogP contribution in [0.5, 0.6) is 0 Å². The molecule has 2 aromatic heterocycles. The van der Waals surface area contributed by atoms with Crippen molar-refractivity contribution in [2.75, 3.05) is 7.11 Å². The minimum absolute atomic E-state index is 0.0313. The fourth-order valence-electron chi connectivity index (χ4n) is 6.17. The Hall–Kier alpha value is -3.22. The predicted octanol–water partition coefficient (Wildman–Crippen LogP) is 4.60. The van der Waals surface area contributed by atoms with E-state index in [1.165, 1.54) is 7.11 Å². The lowest BCUT2D eigenvalue weighted by Gasteiger charge is -2.46. The van der Waals surface area contributed by atoms with Gasteiger partial charge in [0.25, 0.3) is 0 Å². The Labute approximate surface area is 198 Å². The SMILES string of the molecule is COC(=O)CC1C(C)C(=O)c2cc3c(nc2C1(C)C)CCC1(C)C3=CC(=O)OC1c1ccoc1. The molecule has 0 N–H and O–H groups in total. The van der Waals surface area contributed by atoms with Crippen LogP contribution in [0.3, 0.4) is 0 Å². The van der Waals surface area contributed by atoms with Gasteiger partial charge in [0, 0.05) is 51.6 Å². The van der Waals surface area contributed by atoms with Gasteiger partial charge in [-0.05, 0) is 36.5 Å². The van der Waals surface area contributed by atoms with E-state index in [4.69, 9.17) is 18.9 Å². The summed E-state index contributed by atoms with van der Waals surface area (Å²) in [5.74, 6) is -1.35. The van der Waals surface area contributed by atoms with Crippen LogP contribution >= 0.6 is 0 Å². The van der Waals surface area contributed by atoms with Crippen LogP contribution in [0.2, 0.25) is 0 Å². The number of Topliss-reactive ketones (excluding diaryl/α,β-unsaturated/α-hetero) is 1. The maximum absolute atomic E-state index is 13.5. The number of hydrogen-bond acceptors (Lipinski definition) is 7. The maximum atomic E-state index is 13.5. The third kappa shape index (κ3) is 3.16. The van der Waals surface area contributed by atoms with E-state index in [0.29, 0.717) is 12.0 Å². The monoisotopic (exact) mass is 463 g/mol. The third-order valence-corrected chi connectivity index (χ3v) is 8.24. The van der Waals surface area contributed by atoms with Gasteiger partial charge in [-0.25, -0.2) is 4.79 Å². The smallest absolute Gasteiger partial charge is 0.331 e. The number of aryl methyl sites for hydroxylation is 1. The number of carbonyl (C=O) groups is 3. The highest BCUT2D eigenvalue weighted by molar-refractivity contribution is 6.03. The van der Waals surface area contributed by atoms with Crippen LogP contribution in [0.1, 0.15) is 79.5 Å². The summed E-state index contributed by atoms with van der Waals surface area (Å²) >= 11 is 0. The molecule has 2 aromatic rings. The summed E-state index contributed by atoms with van der Waals surface area (Å²) in [6.07, 6.45) is 5.84. The number of ether oxygens (including phenoxy) is 2. The summed E-state index contributed by atoms with van der Waals surface area (Å²) in [6, 6.07) is 3.74. The summed E-state index contributed by atoms with van der Waals surface area (Å²) in [5.41, 5.74) is 3.70. The molecule has 0 spiro atoms. The summed E-state index contributed by atoms with van der Waals surface area (Å²) in [6.45, 7) is 8.05. The molecule has 7 heteroatoms. The first-order chi connectivity index (χ1) is 16.1. The first-order valence-corrected chi connectivity index (χ1v) is 11.7. The molecule has 0 saturated heterocycles. The van der Waals surface area contributed by atoms with Crippen LogP contribution in [0.4, 0.5) is 0 Å². The van der Waals surface area contributed by atoms with E-state index in [9.17, 15) is 14.4 Å². The predicted molar refractivity (Wildman–Crippen MR) is 123 cm³/mol. The van der Waals surface area contributed by atoms with Gasteiger partial charge in [0.05, 0.1) is 25.3 Å². The second-order valence-corrected chi connectivity index (χ2v) is 10.5. The van der Waals surface area contributed by atoms with E-state index in [1.807, 2.05) is 32.9 Å². The Morgan fingerprint density at radius 3 is 2.68 bits per heavy atom. The molecule has 0 bridgehead atoms. The van der Waals surface area contributed by atoms with Gasteiger partial charge in [-0.3, -0.25) is 14.6 Å². The van der Waals surface area contributed by atoms with Gasteiger partial charge in [0.2, 0.25) is 0 Å². The number of pyridine rings is 1. The zero-order chi connectivity index (χ0) is 24.4. The average Bonchev–Trinajstić information content (AvgIpc) is 3.34. The molecule has 0 saturated carbocycles. The van der Waals surface area contributed by atoms with Crippen LogP contribution in [0.25, 0.3) is 5.57 Å². The van der Waals surface area contributed by atoms with Crippen molar-refractivity contribution < 1.29 is 28.3 Å². The Balaban J connectivity index is 1.64. The Morgan fingerprint density at radius 1 is 1.24 bits per heavy atom. The average molecular weight is 464 g/mol. The van der Waals surface area contributed by atoms with E-state index >= 15 is 0 Å². The minimum atomic E-state index is -0.494. The summed E-state index contributed by atoms with van der Waals surface area (Å²) < 4.78 is 15.9. The molecule has 5 rings (SSSR count). The topological polar surface area (TPSA) is 95.7 Å². The van der Waals surface area contributed by atoms with Crippen LogP contribution < -0.4 is 0 Å². The van der Waals surface area contributed by atoms with Crippen LogP contribution in [-0.4, -0.2) is 29.8 Å². The lowest BCUT2D eigenvalue weighted by Crippen LogP contribution is -2.45. The van der Waals surface area contributed by atoms with E-state index in [-0.39, 0.29) is 30.0 Å². The molecule has 4 unspecified atom stereocenters. The molecule has 34 heavy (non-hydrogen) atoms. The summed E-state index contributed by atoms with van der Waals surface area (Å²) in [5, 5.41) is 0. The molecule has 178 valence electrons. The molecule has 0 radical (unpaired) electrons. The fraction of sp³-hybridized carbons (Fsp3) is 0.481. The maximum Gasteiger partial charge on any atom is 0.331 e. The van der Waals surface area contributed by atoms with E-state index in [0.717, 1.165) is 34.5 Å². The molecule has 0 amide bonds. The number of carbonyl (C=O) groups excluding carboxylic acids is 3. The molecular formula is C27H29NO6. The van der Waals surface area contributed by atoms with E-state index < -0.39 is 22.9 Å². The number of furan rings is 1. The fourth-order valence-corrected chi connectivity index (χ4v) is 6.17. The van der Waals surface area contributed by atoms with Crippen LogP contribution in [0, 0.1) is 17.3 Å². The standard InChI is InChI=1S/C27H29NO6/c1-14-18(11-21(29)32-5)26(2,3)24-17(23(14)31)10-16-19-12-22(30)34-25(15-7-9-33-13-15)27(19,4)8-6-20(16)28-24/h7,9-10,12-14,18,25H,6,8,11H2,1-5H3. The molecule has 3 heterocycles. The molecule has 2 aliphatic carbocycles. The third-order valence-electron chi connectivity index (χ3n) is 8.24. The quantitative estimate of drug-likeness (QED) is 0.614. The number of methoxy groups -OCH3 is 1. The van der Waals surface area contributed by atoms with Gasteiger partial charge in [-0.15, -0.1) is 0 Å². The zero-order valence-electron chi connectivity index (χ0n) is 20.1. The summed E-state index contributed by atoms with van der Waals surface area (Å²) in [4.78, 5) is 43.2. The van der Waals surface area contributed by atoms with Gasteiger partial charge in [0.1, 0.15) is 6.10 Å². The van der Waals surface area contributed by atoms with E-state index in [1.54, 1.807) is 18.6 Å². The first kappa shape index (κ1) is 22.6. The van der Waals surface area contributed by atoms with Gasteiger partial charge in [-0.1, -0.05) is 27.7 Å². The van der Waals surface area contributed by atoms with Crippen LogP contribution in [0.15, 0.2) is 35.2 Å². The van der Waals surface area contributed by atoms with Crippen molar-refractivity contribution in [1.82, 2.24) is 4.98 Å². The normalized spacial score (nSPS) is 29.3. The molecule has 0 fully saturated rings. The van der Waals surface area contributed by atoms with Crippen LogP contribution in [-0.2, 0) is 30.9 Å². The van der Waals surface area contributed by atoms with Crippen molar-refractivity contribution in [3.63, 3.8) is 0 Å². The van der Waals surface area contributed by atoms with Gasteiger partial charge < -0.3 is 13.9 Å². The lowest BCUT2D eigenvalue weighted by atomic mass is 9.60. The van der Waals surface area contributed by atoms with Gasteiger partial charge in [0.15, 0.2) is 5.78 Å². The molecule has 0 aromatic carbocycles. The number of fused-ring (bicyclic) bond motifs is 4. The molecular weight excluding hydrogens is 434 g/mol. The van der Waals surface area contributed by atoms with E-state index in [2.05, 4.69) is 6.92 Å². The van der Waals surface area contributed by atoms with Crippen molar-refractivity contribution in [3.8, 4) is 0 Å². The zero-order valence-corrected chi connectivity index (χ0v) is 20.1. The second-order valence-electron chi connectivity index (χ2n) is 10.5. The number of cyclic esters (lactones) is 1. The number of ketones is 1. The number of rotatable bonds is 3. The Morgan fingerprint density at radius 2 is 2.00 bits per heavy atom. The van der Waals surface area contributed by atoms with Crippen molar-refractivity contribution in [1.29, 1.82) is 0 Å². The molecule has 1 aliphatic heterocycles. The Kier molecular flexibility index (Phi) is 5.08. The largest absolute Gasteiger partial charge is 0.472 e. The first-order valence-electron chi connectivity index (χ1n) is 11.7. The molecule has 4 atom stereocenters. The second kappa shape index (κ2) is 7.65. The lowest BCUT2D eigenvalue weighted by molar-refractivity contribution is -0.150. The Bertz CT molecular complexity index is 1220. The number of hydrogen-bond donors (Lipinski definition) is 0.